The molecule has 160 valence electrons. The average Bonchev–Trinajstić information content (AvgIpc) is 3.46. The number of thiophene rings is 1. The second-order valence-electron chi connectivity index (χ2n) is 7.17. The van der Waals surface area contributed by atoms with Crippen molar-refractivity contribution in [3.05, 3.63) is 82.2 Å². The summed E-state index contributed by atoms with van der Waals surface area (Å²) in [6.45, 7) is 2.84. The summed E-state index contributed by atoms with van der Waals surface area (Å²) in [5.74, 6) is 1.29. The minimum absolute atomic E-state index is 0.0723. The lowest BCUT2D eigenvalue weighted by atomic mass is 10.1. The fraction of sp³-hybridized carbons (Fsp3) is 0.174. The molecule has 0 N–H and O–H groups in total. The highest BCUT2D eigenvalue weighted by Gasteiger charge is 2.19. The Hall–Kier alpha value is -3.30. The Morgan fingerprint density at radius 1 is 1.03 bits per heavy atom. The fourth-order valence-electron chi connectivity index (χ4n) is 3.55. The van der Waals surface area contributed by atoms with E-state index in [2.05, 4.69) is 22.4 Å². The number of fused-ring (bicyclic) bond motifs is 1. The minimum atomic E-state index is -0.0723. The zero-order chi connectivity index (χ0) is 21.9. The third-order valence-electron chi connectivity index (χ3n) is 5.05. The third-order valence-corrected chi connectivity index (χ3v) is 6.85. The Kier molecular flexibility index (Phi) is 5.83. The molecule has 0 aliphatic rings. The molecule has 0 aliphatic heterocycles. The number of thioether (sulfide) groups is 1. The van der Waals surface area contributed by atoms with Gasteiger partial charge in [-0.1, -0.05) is 67.2 Å². The van der Waals surface area contributed by atoms with E-state index in [0.29, 0.717) is 16.3 Å². The number of tetrazole rings is 1. The molecule has 9 heteroatoms. The van der Waals surface area contributed by atoms with Crippen LogP contribution in [0.5, 0.6) is 0 Å². The van der Waals surface area contributed by atoms with Gasteiger partial charge in [0.2, 0.25) is 0 Å². The molecule has 7 nitrogen and oxygen atoms in total. The van der Waals surface area contributed by atoms with Crippen LogP contribution in [0.1, 0.15) is 19.2 Å². The van der Waals surface area contributed by atoms with Crippen molar-refractivity contribution in [3.8, 4) is 16.8 Å². The zero-order valence-electron chi connectivity index (χ0n) is 17.4. The van der Waals surface area contributed by atoms with Crippen molar-refractivity contribution in [2.75, 3.05) is 0 Å². The average molecular weight is 461 g/mol. The minimum Gasteiger partial charge on any atom is -0.268 e. The van der Waals surface area contributed by atoms with Crippen LogP contribution in [0.2, 0.25) is 0 Å². The van der Waals surface area contributed by atoms with Gasteiger partial charge in [-0.25, -0.2) is 9.67 Å². The van der Waals surface area contributed by atoms with Crippen LogP contribution in [-0.4, -0.2) is 29.8 Å². The SMILES string of the molecule is CCCn1nnnc1CSc1nc2scc(-c3ccccc3)c2c(=O)n1-c1ccccc1. The molecule has 3 heterocycles. The number of aromatic nitrogens is 6. The highest BCUT2D eigenvalue weighted by Crippen LogP contribution is 2.33. The Morgan fingerprint density at radius 2 is 1.78 bits per heavy atom. The summed E-state index contributed by atoms with van der Waals surface area (Å²) < 4.78 is 3.50. The molecule has 0 radical (unpaired) electrons. The number of aryl methyl sites for hydroxylation is 1. The third kappa shape index (κ3) is 3.85. The lowest BCUT2D eigenvalue weighted by molar-refractivity contribution is 0.564. The Labute approximate surface area is 192 Å². The maximum Gasteiger partial charge on any atom is 0.268 e. The predicted molar refractivity (Wildman–Crippen MR) is 128 cm³/mol. The highest BCUT2D eigenvalue weighted by molar-refractivity contribution is 7.98. The number of benzene rings is 2. The first-order chi connectivity index (χ1) is 15.8. The topological polar surface area (TPSA) is 78.5 Å². The van der Waals surface area contributed by atoms with E-state index in [9.17, 15) is 4.79 Å². The lowest BCUT2D eigenvalue weighted by Crippen LogP contribution is -2.21. The Morgan fingerprint density at radius 3 is 2.53 bits per heavy atom. The normalized spacial score (nSPS) is 11.3. The summed E-state index contributed by atoms with van der Waals surface area (Å²) in [5, 5.41) is 15.3. The number of hydrogen-bond acceptors (Lipinski definition) is 7. The Bertz CT molecular complexity index is 1410. The lowest BCUT2D eigenvalue weighted by Gasteiger charge is -2.12. The van der Waals surface area contributed by atoms with Gasteiger partial charge in [-0.3, -0.25) is 9.36 Å². The van der Waals surface area contributed by atoms with Gasteiger partial charge in [0.1, 0.15) is 4.83 Å². The van der Waals surface area contributed by atoms with Crippen LogP contribution in [0.4, 0.5) is 0 Å². The summed E-state index contributed by atoms with van der Waals surface area (Å²) in [4.78, 5) is 19.4. The van der Waals surface area contributed by atoms with E-state index in [4.69, 9.17) is 4.98 Å². The molecule has 0 atom stereocenters. The molecule has 0 aliphatic carbocycles. The van der Waals surface area contributed by atoms with E-state index < -0.39 is 0 Å². The standard InChI is InChI=1S/C23H20N6OS2/c1-2-13-28-19(25-26-27-28)15-32-23-24-21-20(18(14-31-21)16-9-5-3-6-10-16)22(30)29(23)17-11-7-4-8-12-17/h3-12,14H,2,13,15H2,1H3. The zero-order valence-corrected chi connectivity index (χ0v) is 19.0. The van der Waals surface area contributed by atoms with Crippen molar-refractivity contribution in [3.63, 3.8) is 0 Å². The van der Waals surface area contributed by atoms with Crippen LogP contribution < -0.4 is 5.56 Å². The van der Waals surface area contributed by atoms with Crippen molar-refractivity contribution >= 4 is 33.3 Å². The van der Waals surface area contributed by atoms with Gasteiger partial charge in [0.05, 0.1) is 16.8 Å². The molecule has 5 rings (SSSR count). The molecule has 0 fully saturated rings. The van der Waals surface area contributed by atoms with Gasteiger partial charge < -0.3 is 0 Å². The van der Waals surface area contributed by atoms with E-state index in [-0.39, 0.29) is 5.56 Å². The van der Waals surface area contributed by atoms with Crippen LogP contribution in [0.15, 0.2) is 76.0 Å². The molecule has 0 spiro atoms. The molecular formula is C23H20N6OS2. The maximum absolute atomic E-state index is 13.8. The molecule has 0 saturated carbocycles. The highest BCUT2D eigenvalue weighted by atomic mass is 32.2. The summed E-state index contributed by atoms with van der Waals surface area (Å²) in [6, 6.07) is 19.6. The van der Waals surface area contributed by atoms with Crippen LogP contribution in [0.25, 0.3) is 27.0 Å². The predicted octanol–water partition coefficient (Wildman–Crippen LogP) is 4.80. The van der Waals surface area contributed by atoms with Crippen LogP contribution >= 0.6 is 23.1 Å². The van der Waals surface area contributed by atoms with Crippen LogP contribution in [0, 0.1) is 0 Å². The first kappa shape index (κ1) is 20.6. The van der Waals surface area contributed by atoms with Crippen molar-refractivity contribution < 1.29 is 0 Å². The molecule has 5 aromatic rings. The van der Waals surface area contributed by atoms with Gasteiger partial charge in [0.25, 0.3) is 5.56 Å². The molecule has 0 unspecified atom stereocenters. The van der Waals surface area contributed by atoms with Crippen LogP contribution in [-0.2, 0) is 12.3 Å². The van der Waals surface area contributed by atoms with E-state index in [1.165, 1.54) is 23.1 Å². The van der Waals surface area contributed by atoms with Crippen molar-refractivity contribution in [2.45, 2.75) is 30.8 Å². The van der Waals surface area contributed by atoms with E-state index in [1.54, 1.807) is 9.25 Å². The Balaban J connectivity index is 1.64. The second kappa shape index (κ2) is 9.05. The first-order valence-corrected chi connectivity index (χ1v) is 12.2. The molecule has 2 aromatic carbocycles. The molecule has 0 bridgehead atoms. The number of rotatable bonds is 7. The van der Waals surface area contributed by atoms with Crippen molar-refractivity contribution in [2.24, 2.45) is 0 Å². The molecule has 0 amide bonds. The van der Waals surface area contributed by atoms with Gasteiger partial charge in [0, 0.05) is 17.5 Å². The van der Waals surface area contributed by atoms with Gasteiger partial charge in [-0.2, -0.15) is 0 Å². The summed E-state index contributed by atoms with van der Waals surface area (Å²) in [7, 11) is 0. The number of para-hydroxylation sites is 1. The van der Waals surface area contributed by atoms with Gasteiger partial charge in [-0.15, -0.1) is 16.4 Å². The van der Waals surface area contributed by atoms with Crippen molar-refractivity contribution in [1.82, 2.24) is 29.8 Å². The van der Waals surface area contributed by atoms with E-state index in [1.807, 2.05) is 66.0 Å². The van der Waals surface area contributed by atoms with E-state index >= 15 is 0 Å². The maximum atomic E-state index is 13.8. The molecule has 0 saturated heterocycles. The van der Waals surface area contributed by atoms with Gasteiger partial charge in [-0.05, 0) is 34.5 Å². The fourth-order valence-corrected chi connectivity index (χ4v) is 5.48. The monoisotopic (exact) mass is 460 g/mol. The molecule has 32 heavy (non-hydrogen) atoms. The van der Waals surface area contributed by atoms with Crippen LogP contribution in [0.3, 0.4) is 0 Å². The summed E-state index contributed by atoms with van der Waals surface area (Å²) in [5.41, 5.74) is 2.64. The molecular weight excluding hydrogens is 440 g/mol. The van der Waals surface area contributed by atoms with Crippen molar-refractivity contribution in [1.29, 1.82) is 0 Å². The first-order valence-electron chi connectivity index (χ1n) is 10.3. The second-order valence-corrected chi connectivity index (χ2v) is 8.97. The van der Waals surface area contributed by atoms with Gasteiger partial charge in [0.15, 0.2) is 11.0 Å². The summed E-state index contributed by atoms with van der Waals surface area (Å²) >= 11 is 2.96. The molecule has 3 aromatic heterocycles. The van der Waals surface area contributed by atoms with E-state index in [0.717, 1.165) is 40.4 Å². The summed E-state index contributed by atoms with van der Waals surface area (Å²) in [6.07, 6.45) is 0.944. The quantitative estimate of drug-likeness (QED) is 0.256. The van der Waals surface area contributed by atoms with Gasteiger partial charge >= 0.3 is 0 Å². The number of nitrogens with zero attached hydrogens (tertiary/aromatic N) is 6. The largest absolute Gasteiger partial charge is 0.268 e. The smallest absolute Gasteiger partial charge is 0.268 e. The number of hydrogen-bond donors (Lipinski definition) is 0.